The molecule has 3 nitrogen and oxygen atoms in total. The number of halogens is 3. The van der Waals surface area contributed by atoms with Crippen molar-refractivity contribution >= 4 is 23.2 Å². The van der Waals surface area contributed by atoms with Gasteiger partial charge in [0.1, 0.15) is 5.82 Å². The van der Waals surface area contributed by atoms with E-state index in [-0.39, 0.29) is 5.88 Å². The molecule has 6 heteroatoms. The summed E-state index contributed by atoms with van der Waals surface area (Å²) in [5.41, 5.74) is 1.19. The van der Waals surface area contributed by atoms with Crippen LogP contribution in [0.4, 0.5) is 4.39 Å². The summed E-state index contributed by atoms with van der Waals surface area (Å²) >= 11 is 11.4. The molecule has 0 bridgehead atoms. The van der Waals surface area contributed by atoms with E-state index in [1.165, 1.54) is 23.0 Å². The highest BCUT2D eigenvalue weighted by atomic mass is 35.5. The van der Waals surface area contributed by atoms with Gasteiger partial charge in [0, 0.05) is 5.02 Å². The molecular weight excluding hydrogens is 240 g/mol. The highest BCUT2D eigenvalue weighted by Gasteiger charge is 2.07. The van der Waals surface area contributed by atoms with Crippen molar-refractivity contribution in [3.8, 4) is 5.69 Å². The Hall–Kier alpha value is -1.13. The predicted molar refractivity (Wildman–Crippen MR) is 55.9 cm³/mol. The van der Waals surface area contributed by atoms with Gasteiger partial charge in [-0.25, -0.2) is 9.07 Å². The largest absolute Gasteiger partial charge is 0.216 e. The maximum atomic E-state index is 13.1. The van der Waals surface area contributed by atoms with Gasteiger partial charge in [0.05, 0.1) is 23.5 Å². The Morgan fingerprint density at radius 2 is 2.13 bits per heavy atom. The minimum absolute atomic E-state index is 0.251. The van der Waals surface area contributed by atoms with Crippen LogP contribution in [0.15, 0.2) is 24.4 Å². The molecule has 2 aromatic rings. The molecule has 1 aromatic carbocycles. The number of nitrogens with zero attached hydrogens (tertiary/aromatic N) is 3. The molecule has 0 aliphatic heterocycles. The summed E-state index contributed by atoms with van der Waals surface area (Å²) in [5.74, 6) is -0.172. The first-order valence-electron chi connectivity index (χ1n) is 4.12. The third kappa shape index (κ3) is 2.11. The van der Waals surface area contributed by atoms with Gasteiger partial charge in [-0.1, -0.05) is 16.8 Å². The molecule has 0 saturated carbocycles. The quantitative estimate of drug-likeness (QED) is 0.763. The molecule has 2 rings (SSSR count). The number of rotatable bonds is 2. The Morgan fingerprint density at radius 3 is 2.80 bits per heavy atom. The van der Waals surface area contributed by atoms with E-state index < -0.39 is 5.82 Å². The van der Waals surface area contributed by atoms with E-state index in [4.69, 9.17) is 23.2 Å². The maximum absolute atomic E-state index is 13.1. The van der Waals surface area contributed by atoms with Gasteiger partial charge in [0.25, 0.3) is 0 Å². The van der Waals surface area contributed by atoms with Crippen LogP contribution in [0.25, 0.3) is 5.69 Å². The van der Waals surface area contributed by atoms with E-state index >= 15 is 0 Å². The number of aromatic nitrogens is 3. The maximum Gasteiger partial charge on any atom is 0.126 e. The molecule has 0 radical (unpaired) electrons. The van der Waals surface area contributed by atoms with E-state index in [1.54, 1.807) is 6.07 Å². The summed E-state index contributed by atoms with van der Waals surface area (Å²) in [7, 11) is 0. The molecule has 0 spiro atoms. The van der Waals surface area contributed by atoms with E-state index in [2.05, 4.69) is 10.3 Å². The first-order chi connectivity index (χ1) is 7.20. The number of hydrogen-bond acceptors (Lipinski definition) is 2. The third-order valence-electron chi connectivity index (χ3n) is 1.85. The lowest BCUT2D eigenvalue weighted by Crippen LogP contribution is -2.01. The van der Waals surface area contributed by atoms with Crippen LogP contribution in [0.2, 0.25) is 5.02 Å². The molecule has 0 aliphatic rings. The van der Waals surface area contributed by atoms with Crippen LogP contribution >= 0.6 is 23.2 Å². The third-order valence-corrected chi connectivity index (χ3v) is 2.34. The Bertz CT molecular complexity index is 464. The lowest BCUT2D eigenvalue weighted by atomic mass is 10.3. The number of hydrogen-bond donors (Lipinski definition) is 0. The smallest absolute Gasteiger partial charge is 0.126 e. The van der Waals surface area contributed by atoms with Crippen molar-refractivity contribution < 1.29 is 4.39 Å². The SMILES string of the molecule is Fc1cc(Cl)cc(-n2nncc2CCl)c1. The van der Waals surface area contributed by atoms with Crippen LogP contribution in [0.5, 0.6) is 0 Å². The fourth-order valence-corrected chi connectivity index (χ4v) is 1.62. The van der Waals surface area contributed by atoms with Gasteiger partial charge >= 0.3 is 0 Å². The van der Waals surface area contributed by atoms with Crippen LogP contribution in [-0.4, -0.2) is 15.0 Å². The molecule has 0 saturated heterocycles. The van der Waals surface area contributed by atoms with Crippen LogP contribution < -0.4 is 0 Å². The number of alkyl halides is 1. The molecule has 1 heterocycles. The van der Waals surface area contributed by atoms with Gasteiger partial charge in [-0.3, -0.25) is 0 Å². The summed E-state index contributed by atoms with van der Waals surface area (Å²) in [4.78, 5) is 0. The van der Waals surface area contributed by atoms with E-state index in [0.717, 1.165) is 0 Å². The van der Waals surface area contributed by atoms with Crippen molar-refractivity contribution in [1.29, 1.82) is 0 Å². The lowest BCUT2D eigenvalue weighted by molar-refractivity contribution is 0.624. The molecule has 0 atom stereocenters. The van der Waals surface area contributed by atoms with Crippen molar-refractivity contribution in [2.24, 2.45) is 0 Å². The summed E-state index contributed by atoms with van der Waals surface area (Å²) in [6.07, 6.45) is 1.52. The van der Waals surface area contributed by atoms with E-state index in [1.807, 2.05) is 0 Å². The zero-order valence-electron chi connectivity index (χ0n) is 7.49. The van der Waals surface area contributed by atoms with Gasteiger partial charge < -0.3 is 0 Å². The molecule has 1 aromatic heterocycles. The average molecular weight is 246 g/mol. The topological polar surface area (TPSA) is 30.7 Å². The summed E-state index contributed by atoms with van der Waals surface area (Å²) in [6.45, 7) is 0. The van der Waals surface area contributed by atoms with Crippen molar-refractivity contribution in [3.63, 3.8) is 0 Å². The predicted octanol–water partition coefficient (Wildman–Crippen LogP) is 2.80. The fourth-order valence-electron chi connectivity index (χ4n) is 1.23. The minimum atomic E-state index is -0.423. The Balaban J connectivity index is 2.53. The molecule has 0 aliphatic carbocycles. The second kappa shape index (κ2) is 4.16. The first kappa shape index (κ1) is 10.4. The Morgan fingerprint density at radius 1 is 1.33 bits per heavy atom. The Kier molecular flexibility index (Phi) is 2.88. The summed E-state index contributed by atoms with van der Waals surface area (Å²) < 4.78 is 14.5. The first-order valence-corrected chi connectivity index (χ1v) is 5.04. The van der Waals surface area contributed by atoms with Gasteiger partial charge in [0.15, 0.2) is 0 Å². The second-order valence-corrected chi connectivity index (χ2v) is 3.60. The molecule has 0 amide bonds. The van der Waals surface area contributed by atoms with Crippen LogP contribution in [-0.2, 0) is 5.88 Å². The molecule has 0 N–H and O–H groups in total. The van der Waals surface area contributed by atoms with Gasteiger partial charge in [-0.2, -0.15) is 0 Å². The van der Waals surface area contributed by atoms with Crippen LogP contribution in [0, 0.1) is 5.82 Å². The summed E-state index contributed by atoms with van der Waals surface area (Å²) in [6, 6.07) is 4.13. The van der Waals surface area contributed by atoms with Crippen molar-refractivity contribution in [2.75, 3.05) is 0 Å². The zero-order valence-corrected chi connectivity index (χ0v) is 9.00. The fraction of sp³-hybridized carbons (Fsp3) is 0.111. The monoisotopic (exact) mass is 245 g/mol. The van der Waals surface area contributed by atoms with Gasteiger partial charge in [0.2, 0.25) is 0 Å². The van der Waals surface area contributed by atoms with Gasteiger partial charge in [-0.05, 0) is 18.2 Å². The van der Waals surface area contributed by atoms with Crippen molar-refractivity contribution in [1.82, 2.24) is 15.0 Å². The van der Waals surface area contributed by atoms with Gasteiger partial charge in [-0.15, -0.1) is 16.7 Å². The second-order valence-electron chi connectivity index (χ2n) is 2.90. The molecule has 0 unspecified atom stereocenters. The summed E-state index contributed by atoms with van der Waals surface area (Å²) in [5, 5.41) is 7.79. The van der Waals surface area contributed by atoms with Crippen molar-refractivity contribution in [2.45, 2.75) is 5.88 Å². The van der Waals surface area contributed by atoms with E-state index in [9.17, 15) is 4.39 Å². The zero-order chi connectivity index (χ0) is 10.8. The molecule has 15 heavy (non-hydrogen) atoms. The van der Waals surface area contributed by atoms with Crippen LogP contribution in [0.3, 0.4) is 0 Å². The standard InChI is InChI=1S/C9H6Cl2FN3/c10-4-9-5-13-14-15(9)8-2-6(11)1-7(12)3-8/h1-3,5H,4H2. The average Bonchev–Trinajstić information content (AvgIpc) is 2.63. The highest BCUT2D eigenvalue weighted by Crippen LogP contribution is 2.18. The van der Waals surface area contributed by atoms with Crippen molar-refractivity contribution in [3.05, 3.63) is 40.9 Å². The highest BCUT2D eigenvalue weighted by molar-refractivity contribution is 6.30. The minimum Gasteiger partial charge on any atom is -0.216 e. The number of benzene rings is 1. The molecule has 78 valence electrons. The Labute approximate surface area is 95.4 Å². The van der Waals surface area contributed by atoms with E-state index in [0.29, 0.717) is 16.4 Å². The molecule has 0 fully saturated rings. The lowest BCUT2D eigenvalue weighted by Gasteiger charge is -2.04. The van der Waals surface area contributed by atoms with Crippen LogP contribution in [0.1, 0.15) is 5.69 Å². The molecular formula is C9H6Cl2FN3. The normalized spacial score (nSPS) is 10.6.